The summed E-state index contributed by atoms with van der Waals surface area (Å²) in [5.74, 6) is -1.16. The van der Waals surface area contributed by atoms with Gasteiger partial charge in [0.05, 0.1) is 19.7 Å². The molecule has 3 aromatic carbocycles. The number of aromatic nitrogens is 3. The zero-order valence-electron chi connectivity index (χ0n) is 23.1. The van der Waals surface area contributed by atoms with Crippen molar-refractivity contribution in [1.29, 1.82) is 0 Å². The minimum atomic E-state index is -4.64. The number of hydrogen-bond acceptors (Lipinski definition) is 6. The van der Waals surface area contributed by atoms with Crippen molar-refractivity contribution in [3.05, 3.63) is 71.5 Å². The first-order valence-corrected chi connectivity index (χ1v) is 13.1. The Morgan fingerprint density at radius 1 is 1.17 bits per heavy atom. The largest absolute Gasteiger partial charge is 0.496 e. The van der Waals surface area contributed by atoms with E-state index in [1.165, 1.54) is 7.11 Å². The smallest absolute Gasteiger partial charge is 0.451 e. The number of para-hydroxylation sites is 1. The second-order valence-electron chi connectivity index (χ2n) is 9.87. The molecule has 5 rings (SSSR count). The summed E-state index contributed by atoms with van der Waals surface area (Å²) in [7, 11) is 3.21. The number of likely N-dealkylation sites (N-methyl/N-ethyl adjacent to an activating group) is 1. The summed E-state index contributed by atoms with van der Waals surface area (Å²) in [6.07, 6.45) is -3.59. The van der Waals surface area contributed by atoms with Crippen molar-refractivity contribution < 1.29 is 27.5 Å². The topological polar surface area (TPSA) is 112 Å². The molecule has 222 valence electrons. The van der Waals surface area contributed by atoms with Crippen molar-refractivity contribution in [3.63, 3.8) is 0 Å². The van der Waals surface area contributed by atoms with Crippen molar-refractivity contribution in [3.8, 4) is 17.1 Å². The molecule has 1 aromatic heterocycles. The highest BCUT2D eigenvalue weighted by atomic mass is 35.5. The number of amides is 2. The fourth-order valence-electron chi connectivity index (χ4n) is 4.99. The van der Waals surface area contributed by atoms with Crippen LogP contribution < -0.4 is 20.3 Å². The number of aryl methyl sites for hydroxylation is 1. The highest BCUT2D eigenvalue weighted by molar-refractivity contribution is 6.02. The number of carbonyl (C=O) groups excluding carboxylic acids is 2. The number of alkyl halides is 3. The molecule has 1 aliphatic heterocycles. The standard InChI is InChI=1S/C29H29F3N6O3.ClH/c1-16(33-2)26(39)34-22-12-9-17-6-4-5-7-23(17)38(27(22)40)15-21-20-11-8-19(14-18(20)10-13-24(21)41-3)25-35-28(37-36-25)29(30,31)32;/h4-8,10-11,13-14,16,22,33H,9,12,15H2,1-3H3,(H,34,39)(H,35,36,37);1H. The molecule has 0 bridgehead atoms. The number of H-pyrrole nitrogens is 1. The van der Waals surface area contributed by atoms with Gasteiger partial charge in [-0.15, -0.1) is 22.6 Å². The second-order valence-corrected chi connectivity index (χ2v) is 9.87. The van der Waals surface area contributed by atoms with Gasteiger partial charge in [0, 0.05) is 16.8 Å². The lowest BCUT2D eigenvalue weighted by atomic mass is 9.99. The molecule has 0 saturated carbocycles. The first kappa shape index (κ1) is 30.8. The minimum absolute atomic E-state index is 0. The average molecular weight is 603 g/mol. The Balaban J connectivity index is 0.00000405. The normalized spacial score (nSPS) is 15.9. The maximum atomic E-state index is 14.0. The lowest BCUT2D eigenvalue weighted by Gasteiger charge is -2.28. The maximum Gasteiger partial charge on any atom is 0.451 e. The Kier molecular flexibility index (Phi) is 9.07. The maximum absolute atomic E-state index is 14.0. The van der Waals surface area contributed by atoms with Gasteiger partial charge in [0.2, 0.25) is 17.6 Å². The van der Waals surface area contributed by atoms with Crippen molar-refractivity contribution in [2.75, 3.05) is 19.1 Å². The summed E-state index contributed by atoms with van der Waals surface area (Å²) < 4.78 is 44.8. The molecular formula is C29H30ClF3N6O3. The summed E-state index contributed by atoms with van der Waals surface area (Å²) in [4.78, 5) is 30.5. The van der Waals surface area contributed by atoms with E-state index >= 15 is 0 Å². The molecule has 2 amide bonds. The highest BCUT2D eigenvalue weighted by Gasteiger charge is 2.36. The molecule has 0 spiro atoms. The summed E-state index contributed by atoms with van der Waals surface area (Å²) in [6, 6.07) is 15.1. The number of benzene rings is 3. The number of ether oxygens (including phenoxy) is 1. The molecule has 42 heavy (non-hydrogen) atoms. The molecule has 1 aliphatic rings. The molecule has 9 nitrogen and oxygen atoms in total. The van der Waals surface area contributed by atoms with E-state index in [0.717, 1.165) is 16.6 Å². The van der Waals surface area contributed by atoms with Crippen molar-refractivity contribution in [1.82, 2.24) is 25.8 Å². The van der Waals surface area contributed by atoms with E-state index in [9.17, 15) is 22.8 Å². The summed E-state index contributed by atoms with van der Waals surface area (Å²) >= 11 is 0. The van der Waals surface area contributed by atoms with Crippen molar-refractivity contribution >= 4 is 40.7 Å². The third-order valence-corrected chi connectivity index (χ3v) is 7.34. The van der Waals surface area contributed by atoms with Gasteiger partial charge < -0.3 is 25.3 Å². The first-order valence-electron chi connectivity index (χ1n) is 13.1. The number of fused-ring (bicyclic) bond motifs is 2. The molecule has 2 heterocycles. The van der Waals surface area contributed by atoms with Crippen LogP contribution in [0.1, 0.15) is 30.3 Å². The minimum Gasteiger partial charge on any atom is -0.496 e. The molecule has 2 atom stereocenters. The van der Waals surface area contributed by atoms with E-state index in [-0.39, 0.29) is 36.6 Å². The van der Waals surface area contributed by atoms with E-state index in [0.29, 0.717) is 35.1 Å². The van der Waals surface area contributed by atoms with E-state index in [1.807, 2.05) is 24.3 Å². The molecule has 0 saturated heterocycles. The molecule has 13 heteroatoms. The lowest BCUT2D eigenvalue weighted by Crippen LogP contribution is -2.52. The Morgan fingerprint density at radius 2 is 1.93 bits per heavy atom. The summed E-state index contributed by atoms with van der Waals surface area (Å²) in [5.41, 5.74) is 2.86. The Labute approximate surface area is 246 Å². The number of anilines is 1. The summed E-state index contributed by atoms with van der Waals surface area (Å²) in [6.45, 7) is 1.87. The number of methoxy groups -OCH3 is 1. The number of halogens is 4. The predicted molar refractivity (Wildman–Crippen MR) is 155 cm³/mol. The average Bonchev–Trinajstić information content (AvgIpc) is 3.44. The van der Waals surface area contributed by atoms with Gasteiger partial charge in [0.25, 0.3) is 0 Å². The third kappa shape index (κ3) is 6.04. The van der Waals surface area contributed by atoms with Crippen molar-refractivity contribution in [2.45, 2.75) is 44.6 Å². The fourth-order valence-corrected chi connectivity index (χ4v) is 4.99. The van der Waals surface area contributed by atoms with Gasteiger partial charge in [-0.25, -0.2) is 0 Å². The summed E-state index contributed by atoms with van der Waals surface area (Å²) in [5, 5.41) is 14.1. The first-order chi connectivity index (χ1) is 19.6. The molecular weight excluding hydrogens is 573 g/mol. The van der Waals surface area contributed by atoms with E-state index in [4.69, 9.17) is 4.74 Å². The number of aromatic amines is 1. The quantitative estimate of drug-likeness (QED) is 0.284. The van der Waals surface area contributed by atoms with E-state index < -0.39 is 24.1 Å². The van der Waals surface area contributed by atoms with E-state index in [2.05, 4.69) is 25.8 Å². The van der Waals surface area contributed by atoms with Crippen LogP contribution in [0.15, 0.2) is 54.6 Å². The van der Waals surface area contributed by atoms with Crippen LogP contribution in [0.3, 0.4) is 0 Å². The number of rotatable bonds is 7. The molecule has 0 radical (unpaired) electrons. The Hall–Kier alpha value is -4.16. The van der Waals surface area contributed by atoms with Crippen LogP contribution in [0, 0.1) is 0 Å². The molecule has 4 aromatic rings. The van der Waals surface area contributed by atoms with Gasteiger partial charge in [0.1, 0.15) is 11.8 Å². The zero-order chi connectivity index (χ0) is 29.3. The van der Waals surface area contributed by atoms with Crippen LogP contribution in [-0.2, 0) is 28.7 Å². The SMILES string of the molecule is CNC(C)C(=O)NC1CCc2ccccc2N(Cc2c(OC)ccc3cc(-c4nnc(C(F)(F)F)[nH]4)ccc23)C1=O.Cl. The Bertz CT molecular complexity index is 1610. The van der Waals surface area contributed by atoms with Crippen LogP contribution in [-0.4, -0.2) is 53.2 Å². The second kappa shape index (κ2) is 12.4. The Morgan fingerprint density at radius 3 is 2.62 bits per heavy atom. The van der Waals surface area contributed by atoms with Gasteiger partial charge in [0.15, 0.2) is 5.82 Å². The molecule has 0 fully saturated rings. The van der Waals surface area contributed by atoms with Crippen LogP contribution in [0.5, 0.6) is 5.75 Å². The number of nitrogens with one attached hydrogen (secondary N) is 3. The monoisotopic (exact) mass is 602 g/mol. The van der Waals surface area contributed by atoms with Gasteiger partial charge >= 0.3 is 6.18 Å². The van der Waals surface area contributed by atoms with Crippen LogP contribution in [0.2, 0.25) is 0 Å². The van der Waals surface area contributed by atoms with Crippen LogP contribution >= 0.6 is 12.4 Å². The highest BCUT2D eigenvalue weighted by Crippen LogP contribution is 2.36. The van der Waals surface area contributed by atoms with Crippen LogP contribution in [0.25, 0.3) is 22.2 Å². The van der Waals surface area contributed by atoms with Gasteiger partial charge in [-0.3, -0.25) is 9.59 Å². The van der Waals surface area contributed by atoms with E-state index in [1.54, 1.807) is 49.2 Å². The van der Waals surface area contributed by atoms with Gasteiger partial charge in [-0.2, -0.15) is 13.2 Å². The zero-order valence-corrected chi connectivity index (χ0v) is 23.9. The lowest BCUT2D eigenvalue weighted by molar-refractivity contribution is -0.144. The number of carbonyl (C=O) groups is 2. The van der Waals surface area contributed by atoms with Crippen LogP contribution in [0.4, 0.5) is 18.9 Å². The van der Waals surface area contributed by atoms with Crippen molar-refractivity contribution in [2.24, 2.45) is 0 Å². The third-order valence-electron chi connectivity index (χ3n) is 7.34. The van der Waals surface area contributed by atoms with Gasteiger partial charge in [-0.05, 0) is 61.3 Å². The number of nitrogens with zero attached hydrogens (tertiary/aromatic N) is 3. The fraction of sp³-hybridized carbons (Fsp3) is 0.310. The molecule has 2 unspecified atom stereocenters. The molecule has 0 aliphatic carbocycles. The number of hydrogen-bond donors (Lipinski definition) is 3. The van der Waals surface area contributed by atoms with Gasteiger partial charge in [-0.1, -0.05) is 36.4 Å². The predicted octanol–water partition coefficient (Wildman–Crippen LogP) is 4.65. The molecule has 3 N–H and O–H groups in total.